The van der Waals surface area contributed by atoms with Gasteiger partial charge in [0.1, 0.15) is 0 Å². The van der Waals surface area contributed by atoms with Gasteiger partial charge in [0.05, 0.1) is 0 Å². The quantitative estimate of drug-likeness (QED) is 0.315. The fourth-order valence-electron chi connectivity index (χ4n) is 5.19. The Hall–Kier alpha value is -1.35. The summed E-state index contributed by atoms with van der Waals surface area (Å²) in [5, 5.41) is 1.53. The number of ether oxygens (including phenoxy) is 1. The molecule has 0 saturated heterocycles. The fraction of sp³-hybridized carbons (Fsp3) is 0.345. The van der Waals surface area contributed by atoms with Crippen LogP contribution in [0.3, 0.4) is 0 Å². The van der Waals surface area contributed by atoms with E-state index >= 15 is 0 Å². The van der Waals surface area contributed by atoms with E-state index in [0.29, 0.717) is 12.0 Å². The van der Waals surface area contributed by atoms with Gasteiger partial charge in [-0.15, -0.1) is 0 Å². The third kappa shape index (κ3) is 4.65. The Balaban J connectivity index is 1.88. The van der Waals surface area contributed by atoms with Crippen LogP contribution in [0.2, 0.25) is 0 Å². The predicted molar refractivity (Wildman–Crippen MR) is 137 cm³/mol. The van der Waals surface area contributed by atoms with E-state index in [2.05, 4.69) is 98.8 Å². The Morgan fingerprint density at radius 1 is 0.844 bits per heavy atom. The Labute approximate surface area is 204 Å². The second-order valence-electron chi connectivity index (χ2n) is 9.16. The molecule has 0 heterocycles. The van der Waals surface area contributed by atoms with E-state index in [1.54, 1.807) is 0 Å². The minimum atomic E-state index is -1.78. The van der Waals surface area contributed by atoms with Crippen LogP contribution in [-0.4, -0.2) is 19.5 Å². The van der Waals surface area contributed by atoms with Crippen LogP contribution in [0.5, 0.6) is 0 Å². The van der Waals surface area contributed by atoms with Crippen molar-refractivity contribution in [2.75, 3.05) is 7.11 Å². The molecule has 0 aliphatic heterocycles. The second-order valence-corrected chi connectivity index (χ2v) is 19.8. The monoisotopic (exact) mass is 557 g/mol. The van der Waals surface area contributed by atoms with Crippen LogP contribution in [0, 0.1) is 16.4 Å². The Morgan fingerprint density at radius 3 is 1.97 bits per heavy atom. The average Bonchev–Trinajstić information content (AvgIpc) is 2.85. The zero-order valence-electron chi connectivity index (χ0n) is 19.5. The van der Waals surface area contributed by atoms with E-state index in [-0.39, 0.29) is 25.8 Å². The molecule has 170 valence electrons. The van der Waals surface area contributed by atoms with Crippen molar-refractivity contribution >= 4 is 16.1 Å². The molecule has 1 saturated carbocycles. The van der Waals surface area contributed by atoms with E-state index in [9.17, 15) is 0 Å². The normalized spacial score (nSPS) is 22.7. The van der Waals surface area contributed by atoms with E-state index in [4.69, 9.17) is 11.0 Å². The Kier molecular flexibility index (Phi) is 7.65. The van der Waals surface area contributed by atoms with Crippen molar-refractivity contribution in [2.45, 2.75) is 50.8 Å². The van der Waals surface area contributed by atoms with Crippen LogP contribution < -0.4 is 26.0 Å². The molecule has 1 nitrogen and oxygen atoms in total. The van der Waals surface area contributed by atoms with E-state index in [0.717, 1.165) is 12.8 Å². The van der Waals surface area contributed by atoms with Gasteiger partial charge in [0.25, 0.3) is 0 Å². The van der Waals surface area contributed by atoms with Crippen LogP contribution >= 0.6 is 4.53 Å². The summed E-state index contributed by atoms with van der Waals surface area (Å²) in [6.45, 7) is 4.75. The van der Waals surface area contributed by atoms with Crippen molar-refractivity contribution in [3.63, 3.8) is 0 Å². The van der Waals surface area contributed by atoms with Gasteiger partial charge in [0.2, 0.25) is 0 Å². The molecule has 4 rings (SSSR count). The second kappa shape index (κ2) is 10.3. The molecule has 0 radical (unpaired) electrons. The van der Waals surface area contributed by atoms with Crippen molar-refractivity contribution in [2.24, 2.45) is 5.92 Å². The van der Waals surface area contributed by atoms with Gasteiger partial charge in [-0.1, -0.05) is 0 Å². The first-order chi connectivity index (χ1) is 15.5. The van der Waals surface area contributed by atoms with Crippen molar-refractivity contribution < 1.29 is 25.4 Å². The summed E-state index contributed by atoms with van der Waals surface area (Å²) in [6.07, 6.45) is 10.4. The molecule has 0 N–H and O–H groups in total. The molecule has 0 amide bonds. The minimum absolute atomic E-state index is 0.0455. The van der Waals surface area contributed by atoms with Gasteiger partial charge in [-0.25, -0.2) is 0 Å². The number of aryl methyl sites for hydroxylation is 1. The summed E-state index contributed by atoms with van der Waals surface area (Å²) < 4.78 is 5.46. The molecule has 3 aromatic carbocycles. The van der Waals surface area contributed by atoms with Gasteiger partial charge < -0.3 is 0 Å². The summed E-state index contributed by atoms with van der Waals surface area (Å²) >= 11 is -0.298. The summed E-state index contributed by atoms with van der Waals surface area (Å²) in [4.78, 5) is 0. The molecule has 0 bridgehead atoms. The first kappa shape index (κ1) is 23.8. The average molecular weight is 557 g/mol. The van der Waals surface area contributed by atoms with Gasteiger partial charge in [0, 0.05) is 0 Å². The van der Waals surface area contributed by atoms with Gasteiger partial charge in [-0.2, -0.15) is 0 Å². The molecule has 0 spiro atoms. The molecule has 32 heavy (non-hydrogen) atoms. The van der Waals surface area contributed by atoms with Crippen LogP contribution in [0.15, 0.2) is 84.9 Å². The topological polar surface area (TPSA) is 9.23 Å². The van der Waals surface area contributed by atoms with Gasteiger partial charge in [0.15, 0.2) is 0 Å². The van der Waals surface area contributed by atoms with E-state index in [1.165, 1.54) is 32.8 Å². The number of rotatable bonds is 7. The van der Waals surface area contributed by atoms with Crippen LogP contribution in [0.25, 0.3) is 0 Å². The van der Waals surface area contributed by atoms with Crippen molar-refractivity contribution in [3.8, 4) is 0 Å². The fourth-order valence-corrected chi connectivity index (χ4v) is 18.0. The van der Waals surface area contributed by atoms with Crippen molar-refractivity contribution in [1.82, 2.24) is 0 Å². The molecular weight excluding hydrogens is 522 g/mol. The van der Waals surface area contributed by atoms with Gasteiger partial charge in [-0.05, 0) is 0 Å². The van der Waals surface area contributed by atoms with Crippen LogP contribution in [-0.2, 0) is 9.89 Å². The molecule has 3 aromatic rings. The number of hydrogen-bond acceptors (Lipinski definition) is 1. The number of hydrogen-bond donors (Lipinski definition) is 0. The van der Waals surface area contributed by atoms with Gasteiger partial charge in [-0.3, -0.25) is 0 Å². The Morgan fingerprint density at radius 2 is 1.41 bits per heavy atom. The zero-order valence-corrected chi connectivity index (χ0v) is 22.6. The summed E-state index contributed by atoms with van der Waals surface area (Å²) in [5.41, 5.74) is 2.80. The Bertz CT molecular complexity index is 1040. The maximum atomic E-state index is 5.74. The third-order valence-corrected chi connectivity index (χ3v) is 20.6. The summed E-state index contributed by atoms with van der Waals surface area (Å²) in [5.74, 6) is 0.617. The number of methoxy groups -OCH3 is 1. The third-order valence-electron chi connectivity index (χ3n) is 7.32. The van der Waals surface area contributed by atoms with Crippen molar-refractivity contribution in [1.29, 1.82) is 0 Å². The maximum absolute atomic E-state index is 5.74. The molecule has 1 aliphatic carbocycles. The molecule has 1 aliphatic rings. The molecule has 2 atom stereocenters. The number of benzene rings is 3. The summed E-state index contributed by atoms with van der Waals surface area (Å²) in [6, 6.07) is 31.8. The molecular formula is C29H35IOP-. The van der Waals surface area contributed by atoms with Crippen LogP contribution in [0.4, 0.5) is 0 Å². The molecule has 0 aromatic heterocycles. The first-order valence-electron chi connectivity index (χ1n) is 11.6. The zero-order chi connectivity index (χ0) is 22.6. The molecule has 3 heteroatoms. The van der Waals surface area contributed by atoms with Crippen molar-refractivity contribution in [3.05, 3.63) is 99.6 Å². The SMILES string of the molecule is C=P([I-]c1ccccc1)(c1ccccc1)C(C)(c1ccc(C)cc1)C1CCC(OC)CC1. The van der Waals surface area contributed by atoms with E-state index in [1.807, 2.05) is 7.11 Å². The standard InChI is InChI=1S/C29H35IOP/c1-23-15-17-24(18-16-23)29(2,25-19-21-27(31-3)22-20-25)32(4,28-13-9-6-10-14-28)30-26-11-7-5-8-12-26/h5-18,25,27H,4,19-22H2,1-3H3/q-1. The van der Waals surface area contributed by atoms with Crippen LogP contribution in [0.1, 0.15) is 43.7 Å². The molecule has 1 fully saturated rings. The molecule has 2 unspecified atom stereocenters. The summed E-state index contributed by atoms with van der Waals surface area (Å²) in [7, 11) is 1.87. The predicted octanol–water partition coefficient (Wildman–Crippen LogP) is 4.06. The van der Waals surface area contributed by atoms with Gasteiger partial charge >= 0.3 is 205 Å². The first-order valence-corrected chi connectivity index (χ1v) is 17.4. The number of halogens is 1. The van der Waals surface area contributed by atoms with E-state index < -0.39 is 4.53 Å².